The van der Waals surface area contributed by atoms with Gasteiger partial charge in [-0.15, -0.1) is 5.10 Å². The van der Waals surface area contributed by atoms with Crippen LogP contribution in [0.15, 0.2) is 23.0 Å². The van der Waals surface area contributed by atoms with E-state index in [1.807, 2.05) is 25.1 Å². The summed E-state index contributed by atoms with van der Waals surface area (Å²) < 4.78 is 6.96. The minimum Gasteiger partial charge on any atom is -0.376 e. The fraction of sp³-hybridized carbons (Fsp3) is 0.400. The van der Waals surface area contributed by atoms with Crippen LogP contribution in [-0.4, -0.2) is 33.9 Å². The third-order valence-electron chi connectivity index (χ3n) is 3.86. The quantitative estimate of drug-likeness (QED) is 0.802. The Hall–Kier alpha value is -1.99. The van der Waals surface area contributed by atoms with E-state index in [-0.39, 0.29) is 11.7 Å². The highest BCUT2D eigenvalue weighted by Crippen LogP contribution is 2.20. The normalized spacial score (nSPS) is 18.3. The number of benzene rings is 1. The van der Waals surface area contributed by atoms with Gasteiger partial charge in [-0.2, -0.15) is 4.52 Å². The lowest BCUT2D eigenvalue weighted by molar-refractivity contribution is 0.120. The highest BCUT2D eigenvalue weighted by molar-refractivity contribution is 7.20. The fourth-order valence-electron chi connectivity index (χ4n) is 2.70. The summed E-state index contributed by atoms with van der Waals surface area (Å²) >= 11 is 1.39. The standard InChI is InChI=1S/C15H16N4O2S/c1-9-4-5-12-11(7-9)13(20)19-15(17-12)22-14(18-19)16-8-10-3-2-6-21-10/h4-5,7,10H,2-3,6,8H2,1H3,(H,16,18)/t10-/m1/s1. The van der Waals surface area contributed by atoms with Gasteiger partial charge in [-0.25, -0.2) is 4.98 Å². The van der Waals surface area contributed by atoms with E-state index in [1.165, 1.54) is 15.9 Å². The fourth-order valence-corrected chi connectivity index (χ4v) is 3.51. The third-order valence-corrected chi connectivity index (χ3v) is 4.72. The van der Waals surface area contributed by atoms with E-state index < -0.39 is 0 Å². The lowest BCUT2D eigenvalue weighted by atomic mass is 10.2. The number of rotatable bonds is 3. The lowest BCUT2D eigenvalue weighted by Gasteiger charge is -2.08. The van der Waals surface area contributed by atoms with E-state index >= 15 is 0 Å². The molecule has 6 nitrogen and oxygen atoms in total. The van der Waals surface area contributed by atoms with Crippen molar-refractivity contribution in [3.05, 3.63) is 34.1 Å². The molecule has 2 aromatic heterocycles. The predicted molar refractivity (Wildman–Crippen MR) is 86.8 cm³/mol. The maximum Gasteiger partial charge on any atom is 0.283 e. The van der Waals surface area contributed by atoms with Crippen molar-refractivity contribution in [3.8, 4) is 0 Å². The summed E-state index contributed by atoms with van der Waals surface area (Å²) in [7, 11) is 0. The van der Waals surface area contributed by atoms with Gasteiger partial charge in [-0.05, 0) is 31.9 Å². The second kappa shape index (κ2) is 5.33. The van der Waals surface area contributed by atoms with Crippen LogP contribution in [0.1, 0.15) is 18.4 Å². The summed E-state index contributed by atoms with van der Waals surface area (Å²) in [4.78, 5) is 17.7. The van der Waals surface area contributed by atoms with Crippen molar-refractivity contribution >= 4 is 32.3 Å². The molecule has 4 rings (SSSR count). The first-order valence-electron chi connectivity index (χ1n) is 7.36. The Morgan fingerprint density at radius 1 is 1.50 bits per heavy atom. The molecule has 3 aromatic rings. The molecule has 0 unspecified atom stereocenters. The molecule has 1 N–H and O–H groups in total. The Morgan fingerprint density at radius 2 is 2.41 bits per heavy atom. The number of fused-ring (bicyclic) bond motifs is 2. The number of nitrogens with one attached hydrogen (secondary N) is 1. The van der Waals surface area contributed by atoms with Gasteiger partial charge in [0.05, 0.1) is 17.0 Å². The average molecular weight is 316 g/mol. The van der Waals surface area contributed by atoms with Crippen molar-refractivity contribution < 1.29 is 4.74 Å². The SMILES string of the molecule is Cc1ccc2nc3sc(NC[C@H]4CCCO4)nn3c(=O)c2c1. The number of anilines is 1. The Kier molecular flexibility index (Phi) is 3.31. The zero-order valence-corrected chi connectivity index (χ0v) is 13.0. The highest BCUT2D eigenvalue weighted by Gasteiger charge is 2.16. The number of nitrogens with zero attached hydrogens (tertiary/aromatic N) is 3. The van der Waals surface area contributed by atoms with Gasteiger partial charge in [0.15, 0.2) is 0 Å². The van der Waals surface area contributed by atoms with E-state index in [9.17, 15) is 4.79 Å². The number of aromatic nitrogens is 3. The van der Waals surface area contributed by atoms with Crippen LogP contribution in [-0.2, 0) is 4.74 Å². The largest absolute Gasteiger partial charge is 0.376 e. The molecule has 114 valence electrons. The molecule has 0 spiro atoms. The van der Waals surface area contributed by atoms with Crippen LogP contribution in [0.4, 0.5) is 5.13 Å². The van der Waals surface area contributed by atoms with Crippen molar-refractivity contribution in [2.45, 2.75) is 25.9 Å². The topological polar surface area (TPSA) is 68.5 Å². The summed E-state index contributed by atoms with van der Waals surface area (Å²) in [5.74, 6) is 0. The van der Waals surface area contributed by atoms with Crippen molar-refractivity contribution in [2.24, 2.45) is 0 Å². The molecule has 1 atom stereocenters. The molecule has 22 heavy (non-hydrogen) atoms. The molecular weight excluding hydrogens is 300 g/mol. The number of aryl methyl sites for hydroxylation is 1. The molecule has 7 heteroatoms. The molecule has 0 amide bonds. The minimum absolute atomic E-state index is 0.120. The average Bonchev–Trinajstić information content (AvgIpc) is 3.15. The van der Waals surface area contributed by atoms with Gasteiger partial charge < -0.3 is 10.1 Å². The van der Waals surface area contributed by atoms with E-state index in [0.29, 0.717) is 27.5 Å². The number of hydrogen-bond acceptors (Lipinski definition) is 6. The van der Waals surface area contributed by atoms with E-state index in [0.717, 1.165) is 25.0 Å². The Morgan fingerprint density at radius 3 is 3.23 bits per heavy atom. The molecule has 3 heterocycles. The number of ether oxygens (including phenoxy) is 1. The zero-order valence-electron chi connectivity index (χ0n) is 12.2. The van der Waals surface area contributed by atoms with Gasteiger partial charge in [0, 0.05) is 13.2 Å². The van der Waals surface area contributed by atoms with Gasteiger partial charge in [0.25, 0.3) is 5.56 Å². The van der Waals surface area contributed by atoms with Crippen molar-refractivity contribution in [2.75, 3.05) is 18.5 Å². The van der Waals surface area contributed by atoms with Gasteiger partial charge in [-0.3, -0.25) is 4.79 Å². The first-order valence-corrected chi connectivity index (χ1v) is 8.18. The van der Waals surface area contributed by atoms with E-state index in [2.05, 4.69) is 15.4 Å². The van der Waals surface area contributed by atoms with Gasteiger partial charge in [0.2, 0.25) is 10.1 Å². The first-order chi connectivity index (χ1) is 10.7. The zero-order chi connectivity index (χ0) is 15.1. The molecule has 1 saturated heterocycles. The first kappa shape index (κ1) is 13.7. The Balaban J connectivity index is 1.71. The minimum atomic E-state index is -0.120. The second-order valence-corrected chi connectivity index (χ2v) is 6.51. The molecule has 0 aliphatic carbocycles. The number of hydrogen-bond donors (Lipinski definition) is 1. The lowest BCUT2D eigenvalue weighted by Crippen LogP contribution is -2.19. The van der Waals surface area contributed by atoms with Crippen molar-refractivity contribution in [3.63, 3.8) is 0 Å². The van der Waals surface area contributed by atoms with Crippen LogP contribution in [0, 0.1) is 6.92 Å². The maximum absolute atomic E-state index is 12.5. The van der Waals surface area contributed by atoms with Crippen LogP contribution in [0.3, 0.4) is 0 Å². The maximum atomic E-state index is 12.5. The molecule has 1 aromatic carbocycles. The van der Waals surface area contributed by atoms with Gasteiger partial charge in [-0.1, -0.05) is 23.0 Å². The summed E-state index contributed by atoms with van der Waals surface area (Å²) in [6.07, 6.45) is 2.41. The molecule has 1 fully saturated rings. The smallest absolute Gasteiger partial charge is 0.283 e. The molecule has 0 radical (unpaired) electrons. The van der Waals surface area contributed by atoms with Crippen molar-refractivity contribution in [1.82, 2.24) is 14.6 Å². The molecular formula is C15H16N4O2S. The molecule has 0 saturated carbocycles. The van der Waals surface area contributed by atoms with Crippen LogP contribution in [0.2, 0.25) is 0 Å². The molecule has 1 aliphatic rings. The third kappa shape index (κ3) is 2.36. The molecule has 1 aliphatic heterocycles. The van der Waals surface area contributed by atoms with Crippen LogP contribution in [0.5, 0.6) is 0 Å². The second-order valence-electron chi connectivity index (χ2n) is 5.56. The van der Waals surface area contributed by atoms with Gasteiger partial charge in [0.1, 0.15) is 0 Å². The van der Waals surface area contributed by atoms with Crippen LogP contribution < -0.4 is 10.9 Å². The summed E-state index contributed by atoms with van der Waals surface area (Å²) in [5.41, 5.74) is 1.63. The monoisotopic (exact) mass is 316 g/mol. The summed E-state index contributed by atoms with van der Waals surface area (Å²) in [6.45, 7) is 3.51. The van der Waals surface area contributed by atoms with Crippen molar-refractivity contribution in [1.29, 1.82) is 0 Å². The Bertz CT molecular complexity index is 896. The van der Waals surface area contributed by atoms with Crippen LogP contribution in [0.25, 0.3) is 15.9 Å². The molecule has 0 bridgehead atoms. The van der Waals surface area contributed by atoms with Gasteiger partial charge >= 0.3 is 0 Å². The predicted octanol–water partition coefficient (Wildman–Crippen LogP) is 2.20. The Labute approximate surface area is 130 Å². The van der Waals surface area contributed by atoms with E-state index in [4.69, 9.17) is 4.74 Å². The summed E-state index contributed by atoms with van der Waals surface area (Å²) in [5, 5.41) is 8.90. The summed E-state index contributed by atoms with van der Waals surface area (Å²) in [6, 6.07) is 5.70. The van der Waals surface area contributed by atoms with E-state index in [1.54, 1.807) is 0 Å². The highest BCUT2D eigenvalue weighted by atomic mass is 32.1. The van der Waals surface area contributed by atoms with Crippen LogP contribution >= 0.6 is 11.3 Å².